The summed E-state index contributed by atoms with van der Waals surface area (Å²) in [4.78, 5) is 24.4. The molecule has 1 heterocycles. The number of carbonyl (C=O) groups excluding carboxylic acids is 2. The van der Waals surface area contributed by atoms with Gasteiger partial charge >= 0.3 is 5.97 Å². The first-order valence-corrected chi connectivity index (χ1v) is 9.24. The summed E-state index contributed by atoms with van der Waals surface area (Å²) in [6.45, 7) is 7.65. The summed E-state index contributed by atoms with van der Waals surface area (Å²) >= 11 is 0. The number of carbonyl (C=O) groups is 2. The molecule has 0 aliphatic carbocycles. The van der Waals surface area contributed by atoms with E-state index in [1.54, 1.807) is 36.4 Å². The van der Waals surface area contributed by atoms with Crippen LogP contribution in [0, 0.1) is 25.2 Å². The van der Waals surface area contributed by atoms with Gasteiger partial charge in [0.1, 0.15) is 6.07 Å². The van der Waals surface area contributed by atoms with Crippen LogP contribution >= 0.6 is 0 Å². The van der Waals surface area contributed by atoms with E-state index < -0.39 is 5.97 Å². The average Bonchev–Trinajstić information content (AvgIpc) is 3.03. The lowest BCUT2D eigenvalue weighted by Gasteiger charge is -2.08. The summed E-state index contributed by atoms with van der Waals surface area (Å²) in [5.41, 5.74) is 2.96. The zero-order valence-corrected chi connectivity index (χ0v) is 17.3. The molecule has 0 N–H and O–H groups in total. The van der Waals surface area contributed by atoms with Crippen LogP contribution in [0.1, 0.15) is 27.3 Å². The fourth-order valence-electron chi connectivity index (χ4n) is 2.94. The number of nitrogens with zero attached hydrogens (tertiary/aromatic N) is 2. The van der Waals surface area contributed by atoms with Gasteiger partial charge in [-0.05, 0) is 43.7 Å². The molecule has 7 heteroatoms. The molecule has 0 fully saturated rings. The molecule has 2 rings (SSSR count). The van der Waals surface area contributed by atoms with Gasteiger partial charge in [0.25, 0.3) is 0 Å². The number of benzene rings is 1. The number of hydrogen-bond donors (Lipinski definition) is 0. The molecule has 0 aliphatic heterocycles. The molecule has 2 aromatic rings. The number of allylic oxidation sites excluding steroid dienone is 1. The number of methoxy groups -OCH3 is 1. The maximum absolute atomic E-state index is 12.4. The summed E-state index contributed by atoms with van der Waals surface area (Å²) in [7, 11) is 1.48. The number of aromatic nitrogens is 1. The molecule has 0 saturated carbocycles. The van der Waals surface area contributed by atoms with Crippen molar-refractivity contribution >= 4 is 17.8 Å². The van der Waals surface area contributed by atoms with Gasteiger partial charge in [-0.3, -0.25) is 4.79 Å². The number of Topliss-reactive ketones (excluding diaryl/α,β-unsaturated/α-hetero) is 1. The van der Waals surface area contributed by atoms with Crippen molar-refractivity contribution < 1.29 is 23.8 Å². The third-order valence-electron chi connectivity index (χ3n) is 4.42. The van der Waals surface area contributed by atoms with Gasteiger partial charge < -0.3 is 18.8 Å². The van der Waals surface area contributed by atoms with Crippen LogP contribution in [0.25, 0.3) is 6.08 Å². The van der Waals surface area contributed by atoms with Gasteiger partial charge in [0.2, 0.25) is 5.78 Å². The van der Waals surface area contributed by atoms with Crippen LogP contribution in [0.15, 0.2) is 43.0 Å². The third kappa shape index (κ3) is 5.61. The molecule has 0 bridgehead atoms. The summed E-state index contributed by atoms with van der Waals surface area (Å²) in [5, 5.41) is 8.60. The fourth-order valence-corrected chi connectivity index (χ4v) is 2.94. The molecule has 1 aromatic heterocycles. The molecule has 156 valence electrons. The number of ketones is 1. The van der Waals surface area contributed by atoms with Crippen molar-refractivity contribution in [3.8, 4) is 17.6 Å². The number of ether oxygens (including phenoxy) is 3. The van der Waals surface area contributed by atoms with Crippen molar-refractivity contribution in [2.45, 2.75) is 20.4 Å². The van der Waals surface area contributed by atoms with E-state index in [9.17, 15) is 9.59 Å². The standard InChI is InChI=1S/C23H24N2O5/c1-5-11-25-16(2)13-19(17(25)3)20(26)15-30-23(27)9-7-18-6-8-21(29-12-10-24)22(14-18)28-4/h5-9,13-14H,1,11-12,15H2,2-4H3. The van der Waals surface area contributed by atoms with Gasteiger partial charge in [0.15, 0.2) is 24.7 Å². The SMILES string of the molecule is C=CCn1c(C)cc(C(=O)COC(=O)C=Cc2ccc(OCC#N)c(OC)c2)c1C. The van der Waals surface area contributed by atoms with Crippen LogP contribution in [0.5, 0.6) is 11.5 Å². The van der Waals surface area contributed by atoms with Crippen LogP contribution in [0.3, 0.4) is 0 Å². The number of aryl methyl sites for hydroxylation is 1. The van der Waals surface area contributed by atoms with E-state index in [1.165, 1.54) is 13.2 Å². The second kappa shape index (κ2) is 10.7. The molecule has 1 aromatic carbocycles. The highest BCUT2D eigenvalue weighted by molar-refractivity contribution is 6.00. The van der Waals surface area contributed by atoms with Gasteiger partial charge in [-0.15, -0.1) is 6.58 Å². The van der Waals surface area contributed by atoms with Crippen LogP contribution < -0.4 is 9.47 Å². The molecular weight excluding hydrogens is 384 g/mol. The number of hydrogen-bond acceptors (Lipinski definition) is 6. The van der Waals surface area contributed by atoms with Gasteiger partial charge in [-0.1, -0.05) is 12.1 Å². The Morgan fingerprint density at radius 3 is 2.67 bits per heavy atom. The van der Waals surface area contributed by atoms with Crippen LogP contribution in [-0.2, 0) is 16.1 Å². The smallest absolute Gasteiger partial charge is 0.331 e. The maximum atomic E-state index is 12.4. The lowest BCUT2D eigenvalue weighted by atomic mass is 10.1. The lowest BCUT2D eigenvalue weighted by Crippen LogP contribution is -2.13. The van der Waals surface area contributed by atoms with Crippen molar-refractivity contribution in [3.05, 3.63) is 65.5 Å². The second-order valence-electron chi connectivity index (χ2n) is 6.41. The quantitative estimate of drug-likeness (QED) is 0.258. The Bertz CT molecular complexity index is 1010. The predicted molar refractivity (Wildman–Crippen MR) is 113 cm³/mol. The molecule has 30 heavy (non-hydrogen) atoms. The predicted octanol–water partition coefficient (Wildman–Crippen LogP) is 3.64. The van der Waals surface area contributed by atoms with Gasteiger partial charge in [0, 0.05) is 29.6 Å². The molecule has 0 unspecified atom stereocenters. The highest BCUT2D eigenvalue weighted by atomic mass is 16.5. The van der Waals surface area contributed by atoms with E-state index in [0.717, 1.165) is 11.4 Å². The van der Waals surface area contributed by atoms with E-state index in [1.807, 2.05) is 24.5 Å². The van der Waals surface area contributed by atoms with Crippen molar-refractivity contribution in [2.24, 2.45) is 0 Å². The normalized spacial score (nSPS) is 10.5. The maximum Gasteiger partial charge on any atom is 0.331 e. The molecular formula is C23H24N2O5. The summed E-state index contributed by atoms with van der Waals surface area (Å²) < 4.78 is 17.5. The minimum Gasteiger partial charge on any atom is -0.493 e. The van der Waals surface area contributed by atoms with E-state index in [-0.39, 0.29) is 19.0 Å². The minimum atomic E-state index is -0.632. The highest BCUT2D eigenvalue weighted by Crippen LogP contribution is 2.28. The molecule has 0 aliphatic rings. The highest BCUT2D eigenvalue weighted by Gasteiger charge is 2.16. The first kappa shape index (κ1) is 22.5. The summed E-state index contributed by atoms with van der Waals surface area (Å²) in [5.74, 6) is -0.0305. The van der Waals surface area contributed by atoms with Gasteiger partial charge in [0.05, 0.1) is 7.11 Å². The number of rotatable bonds is 10. The molecule has 0 spiro atoms. The van der Waals surface area contributed by atoms with Gasteiger partial charge in [-0.25, -0.2) is 4.79 Å². The summed E-state index contributed by atoms with van der Waals surface area (Å²) in [6.07, 6.45) is 4.54. The van der Waals surface area contributed by atoms with Crippen molar-refractivity contribution in [1.82, 2.24) is 4.57 Å². The van der Waals surface area contributed by atoms with Crippen molar-refractivity contribution in [1.29, 1.82) is 5.26 Å². The van der Waals surface area contributed by atoms with Crippen LogP contribution in [0.4, 0.5) is 0 Å². The number of esters is 1. The van der Waals surface area contributed by atoms with E-state index in [0.29, 0.717) is 29.2 Å². The monoisotopic (exact) mass is 408 g/mol. The third-order valence-corrected chi connectivity index (χ3v) is 4.42. The largest absolute Gasteiger partial charge is 0.493 e. The Morgan fingerprint density at radius 2 is 2.00 bits per heavy atom. The Kier molecular flexibility index (Phi) is 8.00. The van der Waals surface area contributed by atoms with E-state index in [2.05, 4.69) is 6.58 Å². The Balaban J connectivity index is 1.98. The Morgan fingerprint density at radius 1 is 1.23 bits per heavy atom. The summed E-state index contributed by atoms with van der Waals surface area (Å²) in [6, 6.07) is 8.68. The van der Waals surface area contributed by atoms with E-state index >= 15 is 0 Å². The second-order valence-corrected chi connectivity index (χ2v) is 6.41. The molecule has 0 amide bonds. The van der Waals surface area contributed by atoms with Crippen LogP contribution in [0.2, 0.25) is 0 Å². The van der Waals surface area contributed by atoms with E-state index in [4.69, 9.17) is 19.5 Å². The molecule has 7 nitrogen and oxygen atoms in total. The topological polar surface area (TPSA) is 90.5 Å². The van der Waals surface area contributed by atoms with Crippen molar-refractivity contribution in [3.63, 3.8) is 0 Å². The minimum absolute atomic E-state index is 0.0954. The molecule has 0 atom stereocenters. The van der Waals surface area contributed by atoms with Crippen molar-refractivity contribution in [2.75, 3.05) is 20.3 Å². The van der Waals surface area contributed by atoms with Gasteiger partial charge in [-0.2, -0.15) is 5.26 Å². The zero-order chi connectivity index (χ0) is 22.1. The fraction of sp³-hybridized carbons (Fsp3) is 0.261. The molecule has 0 radical (unpaired) electrons. The Labute approximate surface area is 175 Å². The molecule has 0 saturated heterocycles. The zero-order valence-electron chi connectivity index (χ0n) is 17.3. The van der Waals surface area contributed by atoms with Crippen LogP contribution in [-0.4, -0.2) is 36.6 Å². The first-order chi connectivity index (χ1) is 14.4. The average molecular weight is 408 g/mol. The Hall–Kier alpha value is -3.79. The first-order valence-electron chi connectivity index (χ1n) is 9.24. The number of nitriles is 1. The lowest BCUT2D eigenvalue weighted by molar-refractivity contribution is -0.136.